The van der Waals surface area contributed by atoms with Gasteiger partial charge in [0.15, 0.2) is 5.69 Å². The Balaban J connectivity index is 1.56. The van der Waals surface area contributed by atoms with Crippen molar-refractivity contribution in [3.8, 4) is 0 Å². The lowest BCUT2D eigenvalue weighted by atomic mass is 9.86. The Bertz CT molecular complexity index is 891. The number of aromatic nitrogens is 2. The van der Waals surface area contributed by atoms with Crippen molar-refractivity contribution >= 4 is 23.0 Å². The van der Waals surface area contributed by atoms with Gasteiger partial charge in [-0.3, -0.25) is 9.78 Å². The molecule has 2 aromatic heterocycles. The molecule has 0 radical (unpaired) electrons. The molecule has 1 amide bonds. The molecule has 1 saturated carbocycles. The number of halogens is 1. The highest BCUT2D eigenvalue weighted by atomic mass is 19.1. The maximum absolute atomic E-state index is 14.1. The number of rotatable bonds is 4. The Morgan fingerprint density at radius 2 is 1.97 bits per heavy atom. The fraction of sp³-hybridized carbons (Fsp3) is 0.500. The monoisotopic (exact) mass is 412 g/mol. The lowest BCUT2D eigenvalue weighted by molar-refractivity contribution is 0.102. The summed E-state index contributed by atoms with van der Waals surface area (Å²) in [4.78, 5) is 23.6. The third-order valence-electron chi connectivity index (χ3n) is 6.01. The molecule has 2 fully saturated rings. The molecule has 2 atom stereocenters. The number of anilines is 3. The fourth-order valence-electron chi connectivity index (χ4n) is 4.50. The number of carbonyl (C=O) groups excluding carboxylic acids is 1. The first-order valence-corrected chi connectivity index (χ1v) is 10.7. The van der Waals surface area contributed by atoms with Gasteiger partial charge in [-0.1, -0.05) is 19.3 Å². The molecule has 0 aromatic carbocycles. The van der Waals surface area contributed by atoms with Crippen LogP contribution < -0.4 is 21.7 Å². The summed E-state index contributed by atoms with van der Waals surface area (Å²) in [6.07, 6.45) is 8.32. The molecule has 5 N–H and O–H groups in total. The number of amides is 1. The van der Waals surface area contributed by atoms with E-state index in [-0.39, 0.29) is 18.3 Å². The van der Waals surface area contributed by atoms with E-state index in [1.54, 1.807) is 24.5 Å². The quantitative estimate of drug-likeness (QED) is 0.711. The first-order chi connectivity index (χ1) is 14.5. The number of nitrogen functional groups attached to an aromatic ring is 1. The number of carbonyl (C=O) groups is 1. The van der Waals surface area contributed by atoms with E-state index < -0.39 is 12.1 Å². The van der Waals surface area contributed by atoms with Gasteiger partial charge in [-0.25, -0.2) is 9.37 Å². The summed E-state index contributed by atoms with van der Waals surface area (Å²) in [6.45, 7) is 0.753. The van der Waals surface area contributed by atoms with Gasteiger partial charge >= 0.3 is 0 Å². The number of hydrogen-bond acceptors (Lipinski definition) is 6. The van der Waals surface area contributed by atoms with E-state index in [9.17, 15) is 9.18 Å². The maximum atomic E-state index is 14.1. The van der Waals surface area contributed by atoms with Crippen LogP contribution in [-0.4, -0.2) is 41.2 Å². The second kappa shape index (κ2) is 8.95. The zero-order valence-electron chi connectivity index (χ0n) is 17.1. The first-order valence-electron chi connectivity index (χ1n) is 10.7. The number of nitrogens with zero attached hydrogens (tertiary/aromatic N) is 3. The molecular weight excluding hydrogens is 383 g/mol. The molecule has 3 heterocycles. The second-order valence-corrected chi connectivity index (χ2v) is 8.35. The lowest BCUT2D eigenvalue weighted by Crippen LogP contribution is -2.48. The van der Waals surface area contributed by atoms with E-state index in [0.29, 0.717) is 35.9 Å². The second-order valence-electron chi connectivity index (χ2n) is 8.35. The highest BCUT2D eigenvalue weighted by Crippen LogP contribution is 2.33. The Labute approximate surface area is 176 Å². The van der Waals surface area contributed by atoms with Crippen LogP contribution in [0.25, 0.3) is 0 Å². The largest absolute Gasteiger partial charge is 0.397 e. The normalized spacial score (nSPS) is 22.7. The van der Waals surface area contributed by atoms with Crippen LogP contribution in [0.15, 0.2) is 30.6 Å². The van der Waals surface area contributed by atoms with E-state index >= 15 is 0 Å². The van der Waals surface area contributed by atoms with Gasteiger partial charge in [0.05, 0.1) is 23.3 Å². The summed E-state index contributed by atoms with van der Waals surface area (Å²) >= 11 is 0. The summed E-state index contributed by atoms with van der Waals surface area (Å²) in [5.41, 5.74) is 14.7. The van der Waals surface area contributed by atoms with Gasteiger partial charge in [-0.05, 0) is 37.5 Å². The van der Waals surface area contributed by atoms with E-state index in [1.165, 1.54) is 19.3 Å². The smallest absolute Gasteiger partial charge is 0.276 e. The number of alkyl halides is 1. The van der Waals surface area contributed by atoms with Crippen LogP contribution in [0.2, 0.25) is 0 Å². The zero-order valence-corrected chi connectivity index (χ0v) is 17.1. The Morgan fingerprint density at radius 1 is 1.17 bits per heavy atom. The van der Waals surface area contributed by atoms with Crippen molar-refractivity contribution in [2.75, 3.05) is 29.0 Å². The molecule has 0 bridgehead atoms. The van der Waals surface area contributed by atoms with Gasteiger partial charge in [-0.15, -0.1) is 0 Å². The molecule has 2 aromatic rings. The van der Waals surface area contributed by atoms with Crippen molar-refractivity contribution in [3.05, 3.63) is 42.0 Å². The van der Waals surface area contributed by atoms with Crippen LogP contribution in [0.1, 0.15) is 60.6 Å². The summed E-state index contributed by atoms with van der Waals surface area (Å²) in [5, 5.41) is 2.88. The molecule has 4 rings (SSSR count). The van der Waals surface area contributed by atoms with Crippen LogP contribution in [0, 0.1) is 0 Å². The molecular formula is C22H29FN6O. The molecule has 2 aliphatic rings. The topological polar surface area (TPSA) is 110 Å². The molecule has 30 heavy (non-hydrogen) atoms. The average Bonchev–Trinajstić information content (AvgIpc) is 2.74. The lowest BCUT2D eigenvalue weighted by Gasteiger charge is -2.35. The zero-order chi connectivity index (χ0) is 21.1. The minimum absolute atomic E-state index is 0.214. The van der Waals surface area contributed by atoms with E-state index in [1.807, 2.05) is 11.0 Å². The molecule has 2 unspecified atom stereocenters. The third-order valence-corrected chi connectivity index (χ3v) is 6.01. The Kier molecular flexibility index (Phi) is 6.13. The summed E-state index contributed by atoms with van der Waals surface area (Å²) in [7, 11) is 0. The predicted octanol–water partition coefficient (Wildman–Crippen LogP) is 3.23. The highest BCUT2D eigenvalue weighted by molar-refractivity contribution is 6.07. The van der Waals surface area contributed by atoms with Crippen molar-refractivity contribution in [1.29, 1.82) is 0 Å². The van der Waals surface area contributed by atoms with Crippen molar-refractivity contribution in [2.24, 2.45) is 5.73 Å². The van der Waals surface area contributed by atoms with Crippen LogP contribution in [0.4, 0.5) is 21.5 Å². The van der Waals surface area contributed by atoms with Crippen LogP contribution in [0.3, 0.4) is 0 Å². The van der Waals surface area contributed by atoms with E-state index in [4.69, 9.17) is 11.5 Å². The van der Waals surface area contributed by atoms with Crippen molar-refractivity contribution in [2.45, 2.75) is 56.7 Å². The molecule has 160 valence electrons. The van der Waals surface area contributed by atoms with Crippen molar-refractivity contribution < 1.29 is 9.18 Å². The predicted molar refractivity (Wildman–Crippen MR) is 116 cm³/mol. The van der Waals surface area contributed by atoms with Crippen LogP contribution >= 0.6 is 0 Å². The van der Waals surface area contributed by atoms with Gasteiger partial charge < -0.3 is 21.7 Å². The fourth-order valence-corrected chi connectivity index (χ4v) is 4.50. The van der Waals surface area contributed by atoms with Gasteiger partial charge in [0.1, 0.15) is 6.17 Å². The molecule has 7 nitrogen and oxygen atoms in total. The molecule has 1 aliphatic heterocycles. The standard InChI is InChI=1S/C22H29FN6O/c23-15-10-16(24)13-29(12-15)20-8-9-26-11-19(20)28-22(30)21-17(25)6-7-18(27-21)14-4-2-1-3-5-14/h6-9,11,14-16H,1-5,10,12-13,24-25H2,(H,28,30). The van der Waals surface area contributed by atoms with Crippen LogP contribution in [0.5, 0.6) is 0 Å². The number of pyridine rings is 2. The Hall–Kier alpha value is -2.74. The van der Waals surface area contributed by atoms with Crippen molar-refractivity contribution in [1.82, 2.24) is 9.97 Å². The highest BCUT2D eigenvalue weighted by Gasteiger charge is 2.27. The molecule has 1 aliphatic carbocycles. The number of nitrogens with two attached hydrogens (primary N) is 2. The number of nitrogens with one attached hydrogen (secondary N) is 1. The maximum Gasteiger partial charge on any atom is 0.276 e. The first kappa shape index (κ1) is 20.5. The average molecular weight is 413 g/mol. The molecule has 8 heteroatoms. The molecule has 0 spiro atoms. The Morgan fingerprint density at radius 3 is 2.73 bits per heavy atom. The van der Waals surface area contributed by atoms with Crippen LogP contribution in [-0.2, 0) is 0 Å². The minimum Gasteiger partial charge on any atom is -0.397 e. The number of hydrogen-bond donors (Lipinski definition) is 3. The van der Waals surface area contributed by atoms with E-state index in [2.05, 4.69) is 15.3 Å². The van der Waals surface area contributed by atoms with Crippen molar-refractivity contribution in [3.63, 3.8) is 0 Å². The number of piperidine rings is 1. The summed E-state index contributed by atoms with van der Waals surface area (Å²) < 4.78 is 14.1. The van der Waals surface area contributed by atoms with Gasteiger partial charge in [0.2, 0.25) is 0 Å². The van der Waals surface area contributed by atoms with Gasteiger partial charge in [0, 0.05) is 36.9 Å². The SMILES string of the molecule is Nc1ccc(C2CCCCC2)nc1C(=O)Nc1cnccc1N1CC(N)CC(F)C1. The summed E-state index contributed by atoms with van der Waals surface area (Å²) in [5.74, 6) is -0.0197. The summed E-state index contributed by atoms with van der Waals surface area (Å²) in [6, 6.07) is 5.19. The third kappa shape index (κ3) is 4.53. The van der Waals surface area contributed by atoms with E-state index in [0.717, 1.165) is 18.5 Å². The minimum atomic E-state index is -1.00. The van der Waals surface area contributed by atoms with Gasteiger partial charge in [-0.2, -0.15) is 0 Å². The van der Waals surface area contributed by atoms with Gasteiger partial charge in [0.25, 0.3) is 5.91 Å². The molecule has 1 saturated heterocycles.